The molecule has 0 aliphatic carbocycles. The molecule has 0 spiro atoms. The molecular weight excluding hydrogens is 299 g/mol. The molecule has 1 saturated heterocycles. The number of benzene rings is 2. The zero-order chi connectivity index (χ0) is 15.6. The van der Waals surface area contributed by atoms with Crippen LogP contribution in [0.25, 0.3) is 11.1 Å². The van der Waals surface area contributed by atoms with Crippen molar-refractivity contribution in [1.82, 2.24) is 0 Å². The normalized spacial score (nSPS) is 19.5. The Bertz CT molecular complexity index is 683. The summed E-state index contributed by atoms with van der Waals surface area (Å²) in [5.41, 5.74) is 1.69. The number of phosphoric ester groups is 1. The average molecular weight is 318 g/mol. The largest absolute Gasteiger partial charge is 0.530 e. The molecule has 2 aromatic carbocycles. The predicted molar refractivity (Wildman–Crippen MR) is 85.8 cm³/mol. The lowest BCUT2D eigenvalue weighted by Gasteiger charge is -2.33. The number of para-hydroxylation sites is 1. The number of rotatable bonds is 3. The molecule has 1 aliphatic rings. The Morgan fingerprint density at radius 2 is 1.55 bits per heavy atom. The van der Waals surface area contributed by atoms with Crippen molar-refractivity contribution in [1.29, 1.82) is 0 Å². The molecular formula is C17H19O4P. The van der Waals surface area contributed by atoms with Crippen LogP contribution < -0.4 is 4.52 Å². The lowest BCUT2D eigenvalue weighted by atomic mass is 9.97. The molecule has 0 aromatic heterocycles. The minimum atomic E-state index is -3.56. The maximum Gasteiger partial charge on any atom is 0.530 e. The van der Waals surface area contributed by atoms with Crippen molar-refractivity contribution in [2.24, 2.45) is 5.41 Å². The van der Waals surface area contributed by atoms with Gasteiger partial charge in [-0.3, -0.25) is 9.05 Å². The molecule has 4 nitrogen and oxygen atoms in total. The Morgan fingerprint density at radius 3 is 2.23 bits per heavy atom. The quantitative estimate of drug-likeness (QED) is 0.754. The van der Waals surface area contributed by atoms with Crippen molar-refractivity contribution < 1.29 is 18.1 Å². The third-order valence-electron chi connectivity index (χ3n) is 3.41. The molecule has 1 aliphatic heterocycles. The zero-order valence-corrected chi connectivity index (χ0v) is 13.6. The second kappa shape index (κ2) is 5.88. The second-order valence-electron chi connectivity index (χ2n) is 6.11. The maximum absolute atomic E-state index is 12.6. The van der Waals surface area contributed by atoms with Gasteiger partial charge in [-0.05, 0) is 11.6 Å². The van der Waals surface area contributed by atoms with Crippen LogP contribution in [0, 0.1) is 5.41 Å². The van der Waals surface area contributed by atoms with E-state index in [0.29, 0.717) is 19.0 Å². The van der Waals surface area contributed by atoms with E-state index in [1.165, 1.54) is 0 Å². The van der Waals surface area contributed by atoms with Crippen LogP contribution in [0.1, 0.15) is 13.8 Å². The summed E-state index contributed by atoms with van der Waals surface area (Å²) < 4.78 is 29.0. The van der Waals surface area contributed by atoms with Gasteiger partial charge in [-0.25, -0.2) is 4.57 Å². The third-order valence-corrected chi connectivity index (χ3v) is 4.72. The highest BCUT2D eigenvalue weighted by atomic mass is 31.2. The summed E-state index contributed by atoms with van der Waals surface area (Å²) in [6.07, 6.45) is 0. The molecule has 22 heavy (non-hydrogen) atoms. The number of phosphoric acid groups is 1. The SMILES string of the molecule is CC1(C)COP(=O)(Oc2ccccc2-c2ccccc2)OC1. The molecule has 0 N–H and O–H groups in total. The first-order valence-corrected chi connectivity index (χ1v) is 8.67. The highest BCUT2D eigenvalue weighted by Crippen LogP contribution is 2.55. The molecule has 116 valence electrons. The molecule has 1 heterocycles. The topological polar surface area (TPSA) is 44.8 Å². The Hall–Kier alpha value is -1.61. The van der Waals surface area contributed by atoms with Gasteiger partial charge in [0.05, 0.1) is 13.2 Å². The van der Waals surface area contributed by atoms with Crippen LogP contribution >= 0.6 is 7.82 Å². The first kappa shape index (κ1) is 15.3. The molecule has 0 amide bonds. The van der Waals surface area contributed by atoms with E-state index in [1.54, 1.807) is 6.07 Å². The first-order valence-electron chi connectivity index (χ1n) is 7.21. The lowest BCUT2D eigenvalue weighted by Crippen LogP contribution is -2.30. The van der Waals surface area contributed by atoms with E-state index in [0.717, 1.165) is 11.1 Å². The summed E-state index contributed by atoms with van der Waals surface area (Å²) >= 11 is 0. The van der Waals surface area contributed by atoms with Gasteiger partial charge in [-0.1, -0.05) is 62.4 Å². The smallest absolute Gasteiger partial charge is 0.403 e. The molecule has 0 unspecified atom stereocenters. The van der Waals surface area contributed by atoms with E-state index in [-0.39, 0.29) is 5.41 Å². The van der Waals surface area contributed by atoms with Gasteiger partial charge in [-0.15, -0.1) is 0 Å². The Morgan fingerprint density at radius 1 is 0.955 bits per heavy atom. The summed E-state index contributed by atoms with van der Waals surface area (Å²) in [5.74, 6) is 0.497. The Balaban J connectivity index is 1.86. The maximum atomic E-state index is 12.6. The van der Waals surface area contributed by atoms with Gasteiger partial charge in [-0.2, -0.15) is 0 Å². The summed E-state index contributed by atoms with van der Waals surface area (Å²) in [7, 11) is -3.56. The molecule has 0 saturated carbocycles. The number of hydrogen-bond donors (Lipinski definition) is 0. The fourth-order valence-corrected chi connectivity index (χ4v) is 3.76. The van der Waals surface area contributed by atoms with Gasteiger partial charge in [0, 0.05) is 11.0 Å². The molecule has 0 bridgehead atoms. The van der Waals surface area contributed by atoms with Gasteiger partial charge in [0.1, 0.15) is 5.75 Å². The van der Waals surface area contributed by atoms with Crippen molar-refractivity contribution in [3.63, 3.8) is 0 Å². The van der Waals surface area contributed by atoms with Gasteiger partial charge < -0.3 is 4.52 Å². The average Bonchev–Trinajstić information content (AvgIpc) is 2.52. The molecule has 5 heteroatoms. The van der Waals surface area contributed by atoms with Crippen LogP contribution in [0.3, 0.4) is 0 Å². The zero-order valence-electron chi connectivity index (χ0n) is 12.7. The molecule has 3 rings (SSSR count). The van der Waals surface area contributed by atoms with Crippen molar-refractivity contribution in [2.45, 2.75) is 13.8 Å². The van der Waals surface area contributed by atoms with Crippen LogP contribution in [-0.2, 0) is 13.6 Å². The van der Waals surface area contributed by atoms with E-state index in [2.05, 4.69) is 0 Å². The Kier molecular flexibility index (Phi) is 4.09. The van der Waals surface area contributed by atoms with E-state index >= 15 is 0 Å². The summed E-state index contributed by atoms with van der Waals surface area (Å²) in [5, 5.41) is 0. The van der Waals surface area contributed by atoms with E-state index in [9.17, 15) is 4.57 Å². The van der Waals surface area contributed by atoms with E-state index < -0.39 is 7.82 Å². The van der Waals surface area contributed by atoms with Crippen LogP contribution in [0.5, 0.6) is 5.75 Å². The highest BCUT2D eigenvalue weighted by Gasteiger charge is 2.39. The fourth-order valence-electron chi connectivity index (χ4n) is 2.16. The van der Waals surface area contributed by atoms with Crippen LogP contribution in [0.2, 0.25) is 0 Å². The predicted octanol–water partition coefficient (Wildman–Crippen LogP) is 4.91. The second-order valence-corrected chi connectivity index (χ2v) is 7.71. The van der Waals surface area contributed by atoms with Crippen molar-refractivity contribution in [3.05, 3.63) is 54.6 Å². The van der Waals surface area contributed by atoms with Crippen molar-refractivity contribution in [3.8, 4) is 16.9 Å². The molecule has 0 atom stereocenters. The van der Waals surface area contributed by atoms with Gasteiger partial charge in [0.25, 0.3) is 0 Å². The lowest BCUT2D eigenvalue weighted by molar-refractivity contribution is 0.0182. The third kappa shape index (κ3) is 3.41. The van der Waals surface area contributed by atoms with Crippen molar-refractivity contribution in [2.75, 3.05) is 13.2 Å². The minimum Gasteiger partial charge on any atom is -0.403 e. The first-order chi connectivity index (χ1) is 10.5. The Labute approximate surface area is 130 Å². The summed E-state index contributed by atoms with van der Waals surface area (Å²) in [6, 6.07) is 17.2. The standard InChI is InChI=1S/C17H19O4P/c1-17(2)12-19-22(18,20-13-17)21-16-11-7-6-10-15(16)14-8-4-3-5-9-14/h3-11H,12-13H2,1-2H3. The summed E-state index contributed by atoms with van der Waals surface area (Å²) in [6.45, 7) is 4.68. The van der Waals surface area contributed by atoms with Gasteiger partial charge >= 0.3 is 7.82 Å². The van der Waals surface area contributed by atoms with E-state index in [4.69, 9.17) is 13.6 Å². The molecule has 2 aromatic rings. The molecule has 1 fully saturated rings. The van der Waals surface area contributed by atoms with Gasteiger partial charge in [0.2, 0.25) is 0 Å². The van der Waals surface area contributed by atoms with Crippen LogP contribution in [-0.4, -0.2) is 13.2 Å². The van der Waals surface area contributed by atoms with Gasteiger partial charge in [0.15, 0.2) is 0 Å². The van der Waals surface area contributed by atoms with Crippen LogP contribution in [0.4, 0.5) is 0 Å². The minimum absolute atomic E-state index is 0.157. The fraction of sp³-hybridized carbons (Fsp3) is 0.294. The number of hydrogen-bond acceptors (Lipinski definition) is 4. The highest BCUT2D eigenvalue weighted by molar-refractivity contribution is 7.49. The molecule has 0 radical (unpaired) electrons. The van der Waals surface area contributed by atoms with E-state index in [1.807, 2.05) is 62.4 Å². The van der Waals surface area contributed by atoms with Crippen molar-refractivity contribution >= 4 is 7.82 Å². The van der Waals surface area contributed by atoms with Crippen LogP contribution in [0.15, 0.2) is 54.6 Å². The monoisotopic (exact) mass is 318 g/mol. The summed E-state index contributed by atoms with van der Waals surface area (Å²) in [4.78, 5) is 0.